The van der Waals surface area contributed by atoms with E-state index in [1.54, 1.807) is 6.07 Å². The maximum absolute atomic E-state index is 11.2. The van der Waals surface area contributed by atoms with E-state index in [9.17, 15) is 4.79 Å². The van der Waals surface area contributed by atoms with Crippen molar-refractivity contribution in [3.63, 3.8) is 0 Å². The van der Waals surface area contributed by atoms with E-state index in [0.717, 1.165) is 0 Å². The quantitative estimate of drug-likeness (QED) is 0.745. The molecular formula is C9H12N2O3S. The Hall–Kier alpha value is -1.30. The predicted molar refractivity (Wildman–Crippen MR) is 57.7 cm³/mol. The van der Waals surface area contributed by atoms with Gasteiger partial charge in [0.15, 0.2) is 0 Å². The van der Waals surface area contributed by atoms with Crippen molar-refractivity contribution in [2.45, 2.75) is 6.42 Å². The number of hydrogen-bond acceptors (Lipinski definition) is 6. The molecule has 0 amide bonds. The molecule has 0 N–H and O–H groups in total. The minimum absolute atomic E-state index is 0.0128. The van der Waals surface area contributed by atoms with Crippen LogP contribution in [0.15, 0.2) is 6.07 Å². The van der Waals surface area contributed by atoms with Crippen LogP contribution in [0.3, 0.4) is 0 Å². The van der Waals surface area contributed by atoms with Crippen molar-refractivity contribution in [2.75, 3.05) is 20.0 Å². The van der Waals surface area contributed by atoms with Crippen LogP contribution in [0.5, 0.6) is 11.9 Å². The highest BCUT2D eigenvalue weighted by atomic mass is 32.1. The minimum Gasteiger partial charge on any atom is -0.481 e. The highest BCUT2D eigenvalue weighted by Crippen LogP contribution is 2.13. The summed E-state index contributed by atoms with van der Waals surface area (Å²) in [7, 11) is 2.95. The molecule has 0 saturated carbocycles. The van der Waals surface area contributed by atoms with E-state index in [0.29, 0.717) is 11.6 Å². The van der Waals surface area contributed by atoms with Gasteiger partial charge in [-0.05, 0) is 0 Å². The van der Waals surface area contributed by atoms with E-state index >= 15 is 0 Å². The summed E-state index contributed by atoms with van der Waals surface area (Å²) in [6.45, 7) is 0. The zero-order chi connectivity index (χ0) is 11.3. The van der Waals surface area contributed by atoms with E-state index in [-0.39, 0.29) is 24.0 Å². The number of carbonyl (C=O) groups is 1. The number of ether oxygens (including phenoxy) is 2. The number of Topliss-reactive ketones (excluding diaryl/α,β-unsaturated/α-hetero) is 1. The molecule has 0 aliphatic heterocycles. The van der Waals surface area contributed by atoms with Crippen LogP contribution in [0.25, 0.3) is 0 Å². The Morgan fingerprint density at radius 1 is 1.40 bits per heavy atom. The molecule has 0 aliphatic rings. The van der Waals surface area contributed by atoms with Gasteiger partial charge in [0, 0.05) is 18.2 Å². The fourth-order valence-corrected chi connectivity index (χ4v) is 1.11. The topological polar surface area (TPSA) is 61.3 Å². The van der Waals surface area contributed by atoms with E-state index in [4.69, 9.17) is 9.47 Å². The van der Waals surface area contributed by atoms with Crippen LogP contribution in [-0.4, -0.2) is 35.7 Å². The first-order valence-electron chi connectivity index (χ1n) is 4.28. The first-order valence-corrected chi connectivity index (χ1v) is 4.91. The second-order valence-corrected chi connectivity index (χ2v) is 3.08. The third kappa shape index (κ3) is 3.39. The van der Waals surface area contributed by atoms with Gasteiger partial charge in [0.2, 0.25) is 5.88 Å². The van der Waals surface area contributed by atoms with Crippen LogP contribution < -0.4 is 9.47 Å². The van der Waals surface area contributed by atoms with Crippen LogP contribution in [0, 0.1) is 0 Å². The number of thiol groups is 1. The van der Waals surface area contributed by atoms with Gasteiger partial charge in [0.1, 0.15) is 5.78 Å². The summed E-state index contributed by atoms with van der Waals surface area (Å²) in [6, 6.07) is 1.79. The van der Waals surface area contributed by atoms with Crippen molar-refractivity contribution < 1.29 is 14.3 Å². The summed E-state index contributed by atoms with van der Waals surface area (Å²) in [4.78, 5) is 19.1. The SMILES string of the molecule is COc1cc(CC(=O)CS)nc(OC)n1. The molecule has 0 aliphatic carbocycles. The second-order valence-electron chi connectivity index (χ2n) is 2.76. The molecule has 0 spiro atoms. The van der Waals surface area contributed by atoms with Crippen molar-refractivity contribution in [3.05, 3.63) is 11.8 Å². The van der Waals surface area contributed by atoms with Crippen LogP contribution in [0.2, 0.25) is 0 Å². The molecule has 1 aromatic rings. The van der Waals surface area contributed by atoms with Crippen molar-refractivity contribution >= 4 is 18.4 Å². The fourth-order valence-electron chi connectivity index (χ4n) is 0.994. The Morgan fingerprint density at radius 3 is 2.67 bits per heavy atom. The van der Waals surface area contributed by atoms with E-state index in [1.807, 2.05) is 0 Å². The summed E-state index contributed by atoms with van der Waals surface area (Å²) in [6.07, 6.45) is 0.207. The fraction of sp³-hybridized carbons (Fsp3) is 0.444. The van der Waals surface area contributed by atoms with Gasteiger partial charge in [0.25, 0.3) is 0 Å². The van der Waals surface area contributed by atoms with Crippen molar-refractivity contribution in [1.29, 1.82) is 0 Å². The monoisotopic (exact) mass is 228 g/mol. The number of ketones is 1. The molecule has 0 bridgehead atoms. The van der Waals surface area contributed by atoms with E-state index < -0.39 is 0 Å². The smallest absolute Gasteiger partial charge is 0.319 e. The third-order valence-electron chi connectivity index (χ3n) is 1.68. The Balaban J connectivity index is 2.91. The first kappa shape index (κ1) is 11.8. The number of methoxy groups -OCH3 is 2. The second kappa shape index (κ2) is 5.55. The normalized spacial score (nSPS) is 9.80. The Kier molecular flexibility index (Phi) is 4.36. The lowest BCUT2D eigenvalue weighted by atomic mass is 10.2. The minimum atomic E-state index is -0.0128. The number of aromatic nitrogens is 2. The molecule has 5 nitrogen and oxygen atoms in total. The molecule has 0 radical (unpaired) electrons. The molecule has 0 unspecified atom stereocenters. The highest BCUT2D eigenvalue weighted by molar-refractivity contribution is 7.81. The summed E-state index contributed by atoms with van der Waals surface area (Å²) in [5, 5.41) is 0. The lowest BCUT2D eigenvalue weighted by Gasteiger charge is -2.04. The van der Waals surface area contributed by atoms with Crippen molar-refractivity contribution in [1.82, 2.24) is 9.97 Å². The molecule has 82 valence electrons. The lowest BCUT2D eigenvalue weighted by Crippen LogP contribution is -2.07. The van der Waals surface area contributed by atoms with Crippen molar-refractivity contribution in [3.8, 4) is 11.9 Å². The molecule has 0 fully saturated rings. The van der Waals surface area contributed by atoms with Crippen LogP contribution >= 0.6 is 12.6 Å². The molecular weight excluding hydrogens is 216 g/mol. The standard InChI is InChI=1S/C9H12N2O3S/c1-13-8-4-6(3-7(12)5-15)10-9(11-8)14-2/h4,15H,3,5H2,1-2H3. The van der Waals surface area contributed by atoms with Gasteiger partial charge in [-0.15, -0.1) is 0 Å². The average Bonchev–Trinajstić information content (AvgIpc) is 2.28. The number of rotatable bonds is 5. The number of carbonyl (C=O) groups excluding carboxylic acids is 1. The van der Waals surface area contributed by atoms with Crippen LogP contribution in [0.4, 0.5) is 0 Å². The van der Waals surface area contributed by atoms with Gasteiger partial charge in [-0.2, -0.15) is 22.6 Å². The number of hydrogen-bond donors (Lipinski definition) is 1. The van der Waals surface area contributed by atoms with E-state index in [2.05, 4.69) is 22.6 Å². The zero-order valence-electron chi connectivity index (χ0n) is 8.56. The van der Waals surface area contributed by atoms with Gasteiger partial charge in [0.05, 0.1) is 19.9 Å². The summed E-state index contributed by atoms with van der Waals surface area (Å²) >= 11 is 3.89. The Labute approximate surface area is 93.2 Å². The zero-order valence-corrected chi connectivity index (χ0v) is 9.45. The molecule has 15 heavy (non-hydrogen) atoms. The van der Waals surface area contributed by atoms with Crippen LogP contribution in [0.1, 0.15) is 5.69 Å². The summed E-state index contributed by atoms with van der Waals surface area (Å²) in [5.74, 6) is 0.555. The van der Waals surface area contributed by atoms with Crippen molar-refractivity contribution in [2.24, 2.45) is 0 Å². The maximum Gasteiger partial charge on any atom is 0.319 e. The Morgan fingerprint density at radius 2 is 2.13 bits per heavy atom. The van der Waals surface area contributed by atoms with Gasteiger partial charge in [-0.1, -0.05) is 0 Å². The number of nitrogens with zero attached hydrogens (tertiary/aromatic N) is 2. The van der Waals surface area contributed by atoms with Gasteiger partial charge in [-0.3, -0.25) is 4.79 Å². The lowest BCUT2D eigenvalue weighted by molar-refractivity contribution is -0.116. The average molecular weight is 228 g/mol. The summed E-state index contributed by atoms with van der Waals surface area (Å²) < 4.78 is 9.83. The molecule has 0 saturated heterocycles. The molecule has 6 heteroatoms. The highest BCUT2D eigenvalue weighted by Gasteiger charge is 2.08. The van der Waals surface area contributed by atoms with E-state index in [1.165, 1.54) is 14.2 Å². The van der Waals surface area contributed by atoms with Gasteiger partial charge >= 0.3 is 6.01 Å². The molecule has 0 atom stereocenters. The van der Waals surface area contributed by atoms with Gasteiger partial charge in [-0.25, -0.2) is 0 Å². The largest absolute Gasteiger partial charge is 0.481 e. The molecule has 1 rings (SSSR count). The predicted octanol–water partition coefficient (Wildman–Crippen LogP) is 0.535. The molecule has 1 aromatic heterocycles. The maximum atomic E-state index is 11.2. The van der Waals surface area contributed by atoms with Gasteiger partial charge < -0.3 is 9.47 Å². The third-order valence-corrected chi connectivity index (χ3v) is 2.03. The van der Waals surface area contributed by atoms with Crippen LogP contribution in [-0.2, 0) is 11.2 Å². The molecule has 0 aromatic carbocycles. The molecule has 1 heterocycles. The summed E-state index contributed by atoms with van der Waals surface area (Å²) in [5.41, 5.74) is 0.567. The Bertz CT molecular complexity index is 335. The first-order chi connectivity index (χ1) is 7.19.